The number of aromatic nitrogens is 1. The van der Waals surface area contributed by atoms with Crippen molar-refractivity contribution in [2.45, 2.75) is 26.3 Å². The second-order valence-electron chi connectivity index (χ2n) is 3.82. The SMILES string of the molecule is CCCCNC(=C[N+](=O)[O-])NCc1cccnc1. The molecule has 0 unspecified atom stereocenters. The van der Waals surface area contributed by atoms with Crippen molar-refractivity contribution >= 4 is 0 Å². The van der Waals surface area contributed by atoms with E-state index in [1.807, 2.05) is 12.1 Å². The zero-order valence-electron chi connectivity index (χ0n) is 10.4. The molecule has 1 aromatic heterocycles. The summed E-state index contributed by atoms with van der Waals surface area (Å²) in [6.45, 7) is 3.30. The maximum atomic E-state index is 10.5. The highest BCUT2D eigenvalue weighted by molar-refractivity contribution is 5.09. The van der Waals surface area contributed by atoms with Gasteiger partial charge in [-0.15, -0.1) is 0 Å². The molecule has 2 N–H and O–H groups in total. The normalized spacial score (nSPS) is 11.1. The Morgan fingerprint density at radius 3 is 3.00 bits per heavy atom. The van der Waals surface area contributed by atoms with Crippen molar-refractivity contribution in [1.82, 2.24) is 15.6 Å². The highest BCUT2D eigenvalue weighted by Gasteiger charge is 2.02. The zero-order chi connectivity index (χ0) is 13.2. The number of nitrogens with one attached hydrogen (secondary N) is 2. The summed E-state index contributed by atoms with van der Waals surface area (Å²) < 4.78 is 0. The molecule has 1 rings (SSSR count). The van der Waals surface area contributed by atoms with Crippen LogP contribution in [-0.4, -0.2) is 16.5 Å². The van der Waals surface area contributed by atoms with Crippen molar-refractivity contribution in [2.24, 2.45) is 0 Å². The first-order chi connectivity index (χ1) is 8.72. The van der Waals surface area contributed by atoms with Crippen molar-refractivity contribution in [3.8, 4) is 0 Å². The molecule has 0 fully saturated rings. The molecule has 6 nitrogen and oxygen atoms in total. The minimum Gasteiger partial charge on any atom is -0.367 e. The number of rotatable bonds is 8. The van der Waals surface area contributed by atoms with E-state index in [2.05, 4.69) is 22.5 Å². The van der Waals surface area contributed by atoms with E-state index in [-0.39, 0.29) is 0 Å². The van der Waals surface area contributed by atoms with Gasteiger partial charge in [-0.3, -0.25) is 15.1 Å². The molecule has 0 saturated carbocycles. The molecule has 6 heteroatoms. The molecule has 0 atom stereocenters. The average Bonchev–Trinajstić information content (AvgIpc) is 2.37. The van der Waals surface area contributed by atoms with Gasteiger partial charge in [-0.2, -0.15) is 0 Å². The molecular formula is C12H18N4O2. The standard InChI is InChI=1S/C12H18N4O2/c1-2-3-7-14-12(10-16(17)18)15-9-11-5-4-6-13-8-11/h4-6,8,10,14-15H,2-3,7,9H2,1H3. The van der Waals surface area contributed by atoms with Gasteiger partial charge in [-0.05, 0) is 18.1 Å². The van der Waals surface area contributed by atoms with Crippen molar-refractivity contribution in [3.63, 3.8) is 0 Å². The summed E-state index contributed by atoms with van der Waals surface area (Å²) in [5.74, 6) is 0.428. The van der Waals surface area contributed by atoms with Crippen LogP contribution in [0.2, 0.25) is 0 Å². The lowest BCUT2D eigenvalue weighted by atomic mass is 10.3. The van der Waals surface area contributed by atoms with Crippen LogP contribution in [-0.2, 0) is 6.54 Å². The Morgan fingerprint density at radius 2 is 2.39 bits per heavy atom. The lowest BCUT2D eigenvalue weighted by molar-refractivity contribution is -0.404. The summed E-state index contributed by atoms with van der Waals surface area (Å²) >= 11 is 0. The molecule has 18 heavy (non-hydrogen) atoms. The summed E-state index contributed by atoms with van der Waals surface area (Å²) in [4.78, 5) is 14.0. The summed E-state index contributed by atoms with van der Waals surface area (Å²) in [7, 11) is 0. The molecule has 0 aliphatic rings. The van der Waals surface area contributed by atoms with Crippen LogP contribution in [0.1, 0.15) is 25.3 Å². The number of nitrogens with zero attached hydrogens (tertiary/aromatic N) is 2. The van der Waals surface area contributed by atoms with Gasteiger partial charge in [0, 0.05) is 25.5 Å². The highest BCUT2D eigenvalue weighted by atomic mass is 16.6. The monoisotopic (exact) mass is 250 g/mol. The Balaban J connectivity index is 2.48. The van der Waals surface area contributed by atoms with E-state index in [1.165, 1.54) is 0 Å². The molecule has 0 spiro atoms. The van der Waals surface area contributed by atoms with Gasteiger partial charge < -0.3 is 10.6 Å². The third-order valence-corrected chi connectivity index (χ3v) is 2.29. The third kappa shape index (κ3) is 5.83. The molecule has 0 aromatic carbocycles. The molecular weight excluding hydrogens is 232 g/mol. The predicted octanol–water partition coefficient (Wildman–Crippen LogP) is 1.64. The molecule has 0 radical (unpaired) electrons. The van der Waals surface area contributed by atoms with Crippen LogP contribution >= 0.6 is 0 Å². The lowest BCUT2D eigenvalue weighted by Gasteiger charge is -2.10. The Hall–Kier alpha value is -2.11. The largest absolute Gasteiger partial charge is 0.367 e. The number of hydrogen-bond acceptors (Lipinski definition) is 5. The first-order valence-corrected chi connectivity index (χ1v) is 5.94. The van der Waals surface area contributed by atoms with Crippen LogP contribution in [0.25, 0.3) is 0 Å². The van der Waals surface area contributed by atoms with Gasteiger partial charge in [0.25, 0.3) is 6.20 Å². The van der Waals surface area contributed by atoms with Crippen LogP contribution in [0.3, 0.4) is 0 Å². The summed E-state index contributed by atoms with van der Waals surface area (Å²) in [5.41, 5.74) is 0.976. The topological polar surface area (TPSA) is 80.1 Å². The quantitative estimate of drug-likeness (QED) is 0.416. The predicted molar refractivity (Wildman–Crippen MR) is 69.1 cm³/mol. The van der Waals surface area contributed by atoms with Gasteiger partial charge in [0.2, 0.25) is 0 Å². The Kier molecular flexibility index (Phi) is 6.24. The van der Waals surface area contributed by atoms with E-state index < -0.39 is 4.92 Å². The van der Waals surface area contributed by atoms with Crippen LogP contribution in [0.4, 0.5) is 0 Å². The van der Waals surface area contributed by atoms with E-state index in [4.69, 9.17) is 0 Å². The molecule has 0 aliphatic carbocycles. The summed E-state index contributed by atoms with van der Waals surface area (Å²) in [6, 6.07) is 3.74. The van der Waals surface area contributed by atoms with Crippen molar-refractivity contribution in [1.29, 1.82) is 0 Å². The lowest BCUT2D eigenvalue weighted by Crippen LogP contribution is -2.27. The summed E-state index contributed by atoms with van der Waals surface area (Å²) in [6.07, 6.45) is 6.39. The van der Waals surface area contributed by atoms with Gasteiger partial charge in [0.05, 0.1) is 4.92 Å². The van der Waals surface area contributed by atoms with Crippen molar-refractivity contribution in [3.05, 3.63) is 52.2 Å². The fourth-order valence-electron chi connectivity index (χ4n) is 1.36. The number of hydrogen-bond donors (Lipinski definition) is 2. The van der Waals surface area contributed by atoms with Crippen LogP contribution in [0, 0.1) is 10.1 Å². The molecule has 1 aromatic rings. The van der Waals surface area contributed by atoms with E-state index in [0.717, 1.165) is 31.1 Å². The van der Waals surface area contributed by atoms with E-state index in [0.29, 0.717) is 12.4 Å². The smallest absolute Gasteiger partial charge is 0.274 e. The molecule has 1 heterocycles. The van der Waals surface area contributed by atoms with Gasteiger partial charge in [0.15, 0.2) is 5.82 Å². The Labute approximate surface area is 106 Å². The van der Waals surface area contributed by atoms with E-state index >= 15 is 0 Å². The number of unbranched alkanes of at least 4 members (excludes halogenated alkanes) is 1. The maximum absolute atomic E-state index is 10.5. The minimum atomic E-state index is -0.468. The van der Waals surface area contributed by atoms with Gasteiger partial charge in [0.1, 0.15) is 0 Å². The second-order valence-corrected chi connectivity index (χ2v) is 3.82. The number of nitro groups is 1. The van der Waals surface area contributed by atoms with Crippen molar-refractivity contribution in [2.75, 3.05) is 6.54 Å². The van der Waals surface area contributed by atoms with E-state index in [9.17, 15) is 10.1 Å². The first kappa shape index (κ1) is 14.0. The summed E-state index contributed by atoms with van der Waals surface area (Å²) in [5, 5.41) is 16.5. The van der Waals surface area contributed by atoms with Gasteiger partial charge in [-0.25, -0.2) is 0 Å². The van der Waals surface area contributed by atoms with Crippen LogP contribution in [0.15, 0.2) is 36.5 Å². The van der Waals surface area contributed by atoms with Crippen LogP contribution in [0.5, 0.6) is 0 Å². The van der Waals surface area contributed by atoms with E-state index in [1.54, 1.807) is 12.4 Å². The first-order valence-electron chi connectivity index (χ1n) is 5.94. The molecule has 0 saturated heterocycles. The molecule has 0 amide bonds. The average molecular weight is 250 g/mol. The molecule has 0 aliphatic heterocycles. The Bertz CT molecular complexity index is 392. The minimum absolute atomic E-state index is 0.428. The van der Waals surface area contributed by atoms with Gasteiger partial charge in [-0.1, -0.05) is 19.4 Å². The number of pyridine rings is 1. The third-order valence-electron chi connectivity index (χ3n) is 2.29. The molecule has 98 valence electrons. The second kappa shape index (κ2) is 8.05. The zero-order valence-corrected chi connectivity index (χ0v) is 10.4. The fraction of sp³-hybridized carbons (Fsp3) is 0.417. The van der Waals surface area contributed by atoms with Crippen LogP contribution < -0.4 is 10.6 Å². The Morgan fingerprint density at radius 1 is 1.56 bits per heavy atom. The highest BCUT2D eigenvalue weighted by Crippen LogP contribution is 1.97. The van der Waals surface area contributed by atoms with Crippen molar-refractivity contribution < 1.29 is 4.92 Å². The maximum Gasteiger partial charge on any atom is 0.274 e. The van der Waals surface area contributed by atoms with Gasteiger partial charge >= 0.3 is 0 Å². The fourth-order valence-corrected chi connectivity index (χ4v) is 1.36. The molecule has 0 bridgehead atoms.